The van der Waals surface area contributed by atoms with E-state index in [1.165, 1.54) is 5.57 Å². The Balaban J connectivity index is 3.56. The molecule has 0 radical (unpaired) electrons. The molecule has 0 aromatic carbocycles. The van der Waals surface area contributed by atoms with Crippen LogP contribution in [0.25, 0.3) is 0 Å². The molecule has 0 amide bonds. The van der Waals surface area contributed by atoms with Crippen LogP contribution in [-0.2, 0) is 0 Å². The zero-order chi connectivity index (χ0) is 11.2. The first kappa shape index (κ1) is 13.5. The SMILES string of the molecule is CC(C)=CCCC(C)NCC(F)(F)F. The van der Waals surface area contributed by atoms with E-state index >= 15 is 0 Å². The predicted molar refractivity (Wildman–Crippen MR) is 52.2 cm³/mol. The number of halogens is 3. The van der Waals surface area contributed by atoms with Crippen molar-refractivity contribution in [3.05, 3.63) is 11.6 Å². The highest BCUT2D eigenvalue weighted by Gasteiger charge is 2.26. The van der Waals surface area contributed by atoms with Gasteiger partial charge in [0.2, 0.25) is 0 Å². The molecule has 0 saturated heterocycles. The van der Waals surface area contributed by atoms with Crippen molar-refractivity contribution in [2.45, 2.75) is 45.8 Å². The van der Waals surface area contributed by atoms with Crippen LogP contribution in [-0.4, -0.2) is 18.8 Å². The first-order valence-electron chi connectivity index (χ1n) is 4.75. The average Bonchev–Trinajstić information content (AvgIpc) is 1.99. The maximum absolute atomic E-state index is 11.8. The molecule has 84 valence electrons. The zero-order valence-corrected chi connectivity index (χ0v) is 8.91. The van der Waals surface area contributed by atoms with Gasteiger partial charge in [-0.15, -0.1) is 0 Å². The molecule has 1 atom stereocenters. The summed E-state index contributed by atoms with van der Waals surface area (Å²) in [6.45, 7) is 4.83. The first-order valence-corrected chi connectivity index (χ1v) is 4.75. The Bertz CT molecular complexity index is 180. The maximum atomic E-state index is 11.8. The molecule has 0 spiro atoms. The number of alkyl halides is 3. The normalized spacial score (nSPS) is 13.9. The van der Waals surface area contributed by atoms with Gasteiger partial charge in [0, 0.05) is 6.04 Å². The standard InChI is InChI=1S/C10H18F3N/c1-8(2)5-4-6-9(3)14-7-10(11,12)13/h5,9,14H,4,6-7H2,1-3H3. The fraction of sp³-hybridized carbons (Fsp3) is 0.800. The molecule has 0 aliphatic carbocycles. The number of hydrogen-bond acceptors (Lipinski definition) is 1. The van der Waals surface area contributed by atoms with Crippen LogP contribution >= 0.6 is 0 Å². The molecule has 1 nitrogen and oxygen atoms in total. The van der Waals surface area contributed by atoms with E-state index in [1.54, 1.807) is 6.92 Å². The lowest BCUT2D eigenvalue weighted by Gasteiger charge is -2.14. The van der Waals surface area contributed by atoms with Crippen molar-refractivity contribution in [3.8, 4) is 0 Å². The highest BCUT2D eigenvalue weighted by molar-refractivity contribution is 4.93. The van der Waals surface area contributed by atoms with Crippen LogP contribution in [0.1, 0.15) is 33.6 Å². The highest BCUT2D eigenvalue weighted by atomic mass is 19.4. The fourth-order valence-electron chi connectivity index (χ4n) is 1.01. The van der Waals surface area contributed by atoms with Crippen LogP contribution in [0.3, 0.4) is 0 Å². The number of nitrogens with one attached hydrogen (secondary N) is 1. The van der Waals surface area contributed by atoms with Gasteiger partial charge in [-0.1, -0.05) is 11.6 Å². The van der Waals surface area contributed by atoms with E-state index in [-0.39, 0.29) is 6.04 Å². The molecule has 4 heteroatoms. The van der Waals surface area contributed by atoms with Crippen LogP contribution in [0.2, 0.25) is 0 Å². The molecule has 0 aliphatic rings. The van der Waals surface area contributed by atoms with Gasteiger partial charge in [0.05, 0.1) is 6.54 Å². The van der Waals surface area contributed by atoms with Gasteiger partial charge in [0.15, 0.2) is 0 Å². The molecule has 0 heterocycles. The van der Waals surface area contributed by atoms with E-state index in [4.69, 9.17) is 0 Å². The summed E-state index contributed by atoms with van der Waals surface area (Å²) in [7, 11) is 0. The molecular formula is C10H18F3N. The molecule has 1 N–H and O–H groups in total. The van der Waals surface area contributed by atoms with Crippen molar-refractivity contribution in [1.29, 1.82) is 0 Å². The van der Waals surface area contributed by atoms with Crippen LogP contribution in [0.15, 0.2) is 11.6 Å². The fourth-order valence-corrected chi connectivity index (χ4v) is 1.01. The second-order valence-corrected chi connectivity index (χ2v) is 3.76. The first-order chi connectivity index (χ1) is 6.31. The maximum Gasteiger partial charge on any atom is 0.401 e. The van der Waals surface area contributed by atoms with E-state index in [0.717, 1.165) is 12.8 Å². The summed E-state index contributed by atoms with van der Waals surface area (Å²) >= 11 is 0. The second kappa shape index (κ2) is 6.06. The Kier molecular flexibility index (Phi) is 5.84. The van der Waals surface area contributed by atoms with Crippen molar-refractivity contribution in [2.75, 3.05) is 6.54 Å². The molecule has 1 unspecified atom stereocenters. The molecule has 0 aromatic rings. The van der Waals surface area contributed by atoms with Gasteiger partial charge in [0.25, 0.3) is 0 Å². The lowest BCUT2D eigenvalue weighted by atomic mass is 10.1. The summed E-state index contributed by atoms with van der Waals surface area (Å²) in [5, 5.41) is 2.44. The topological polar surface area (TPSA) is 12.0 Å². The molecule has 0 saturated carbocycles. The summed E-state index contributed by atoms with van der Waals surface area (Å²) in [5.74, 6) is 0. The number of hydrogen-bond donors (Lipinski definition) is 1. The van der Waals surface area contributed by atoms with Gasteiger partial charge < -0.3 is 5.32 Å². The summed E-state index contributed by atoms with van der Waals surface area (Å²) < 4.78 is 35.4. The van der Waals surface area contributed by atoms with Crippen LogP contribution < -0.4 is 5.32 Å². The third kappa shape index (κ3) is 9.58. The Morgan fingerprint density at radius 2 is 1.93 bits per heavy atom. The summed E-state index contributed by atoms with van der Waals surface area (Å²) in [5.41, 5.74) is 1.20. The number of allylic oxidation sites excluding steroid dienone is 2. The van der Waals surface area contributed by atoms with E-state index in [9.17, 15) is 13.2 Å². The van der Waals surface area contributed by atoms with Gasteiger partial charge in [-0.3, -0.25) is 0 Å². The molecule has 0 aliphatic heterocycles. The quantitative estimate of drug-likeness (QED) is 0.685. The van der Waals surface area contributed by atoms with Crippen LogP contribution in [0.4, 0.5) is 13.2 Å². The molecule has 0 fully saturated rings. The van der Waals surface area contributed by atoms with E-state index in [0.29, 0.717) is 0 Å². The van der Waals surface area contributed by atoms with Gasteiger partial charge in [0.1, 0.15) is 0 Å². The van der Waals surface area contributed by atoms with E-state index in [2.05, 4.69) is 5.32 Å². The Morgan fingerprint density at radius 1 is 1.36 bits per heavy atom. The van der Waals surface area contributed by atoms with Crippen molar-refractivity contribution >= 4 is 0 Å². The minimum Gasteiger partial charge on any atom is -0.306 e. The van der Waals surface area contributed by atoms with Crippen molar-refractivity contribution in [1.82, 2.24) is 5.32 Å². The van der Waals surface area contributed by atoms with Crippen molar-refractivity contribution in [3.63, 3.8) is 0 Å². The monoisotopic (exact) mass is 209 g/mol. The predicted octanol–water partition coefficient (Wildman–Crippen LogP) is 3.27. The van der Waals surface area contributed by atoms with Crippen molar-refractivity contribution < 1.29 is 13.2 Å². The third-order valence-electron chi connectivity index (χ3n) is 1.80. The summed E-state index contributed by atoms with van der Waals surface area (Å²) in [6, 6.07) is -0.0905. The lowest BCUT2D eigenvalue weighted by Crippen LogP contribution is -2.35. The van der Waals surface area contributed by atoms with Gasteiger partial charge in [-0.25, -0.2) is 0 Å². The smallest absolute Gasteiger partial charge is 0.306 e. The van der Waals surface area contributed by atoms with Gasteiger partial charge >= 0.3 is 6.18 Å². The summed E-state index contributed by atoms with van der Waals surface area (Å²) in [4.78, 5) is 0. The van der Waals surface area contributed by atoms with Crippen LogP contribution in [0.5, 0.6) is 0 Å². The van der Waals surface area contributed by atoms with Gasteiger partial charge in [-0.05, 0) is 33.6 Å². The summed E-state index contributed by atoms with van der Waals surface area (Å²) in [6.07, 6.45) is -0.508. The van der Waals surface area contributed by atoms with Crippen molar-refractivity contribution in [2.24, 2.45) is 0 Å². The molecule has 14 heavy (non-hydrogen) atoms. The number of rotatable bonds is 5. The van der Waals surface area contributed by atoms with Crippen LogP contribution in [0, 0.1) is 0 Å². The highest BCUT2D eigenvalue weighted by Crippen LogP contribution is 2.13. The molecule has 0 aromatic heterocycles. The Labute approximate surface area is 83.4 Å². The zero-order valence-electron chi connectivity index (χ0n) is 8.91. The Hall–Kier alpha value is -0.510. The minimum atomic E-state index is -4.11. The van der Waals surface area contributed by atoms with E-state index < -0.39 is 12.7 Å². The largest absolute Gasteiger partial charge is 0.401 e. The molecular weight excluding hydrogens is 191 g/mol. The van der Waals surface area contributed by atoms with E-state index in [1.807, 2.05) is 19.9 Å². The van der Waals surface area contributed by atoms with Gasteiger partial charge in [-0.2, -0.15) is 13.2 Å². The average molecular weight is 209 g/mol. The molecule has 0 bridgehead atoms. The lowest BCUT2D eigenvalue weighted by molar-refractivity contribution is -0.126. The third-order valence-corrected chi connectivity index (χ3v) is 1.80. The molecule has 0 rings (SSSR count). The Morgan fingerprint density at radius 3 is 2.36 bits per heavy atom. The second-order valence-electron chi connectivity index (χ2n) is 3.76. The minimum absolute atomic E-state index is 0.0905.